The number of alkyl carbamates (subject to hydrolysis) is 1. The molecule has 126 valence electrons. The largest absolute Gasteiger partial charge is 0.445 e. The van der Waals surface area contributed by atoms with Crippen LogP contribution in [0.5, 0.6) is 0 Å². The molecule has 3 rings (SSSR count). The maximum Gasteiger partial charge on any atom is 0.407 e. The van der Waals surface area contributed by atoms with Crippen LogP contribution in [-0.2, 0) is 17.9 Å². The summed E-state index contributed by atoms with van der Waals surface area (Å²) in [5, 5.41) is 5.44. The van der Waals surface area contributed by atoms with E-state index in [4.69, 9.17) is 4.74 Å². The smallest absolute Gasteiger partial charge is 0.407 e. The summed E-state index contributed by atoms with van der Waals surface area (Å²) < 4.78 is 5.11. The van der Waals surface area contributed by atoms with Gasteiger partial charge >= 0.3 is 6.09 Å². The molecule has 0 radical (unpaired) electrons. The van der Waals surface area contributed by atoms with Crippen molar-refractivity contribution in [1.82, 2.24) is 10.6 Å². The van der Waals surface area contributed by atoms with Crippen molar-refractivity contribution >= 4 is 12.0 Å². The van der Waals surface area contributed by atoms with Gasteiger partial charge in [-0.2, -0.15) is 0 Å². The minimum atomic E-state index is -0.458. The topological polar surface area (TPSA) is 67.4 Å². The second kappa shape index (κ2) is 8.02. The van der Waals surface area contributed by atoms with E-state index in [0.717, 1.165) is 16.7 Å². The zero-order valence-electron chi connectivity index (χ0n) is 13.7. The summed E-state index contributed by atoms with van der Waals surface area (Å²) in [7, 11) is 0. The maximum absolute atomic E-state index is 11.6. The standard InChI is InChI=1S/C20H18N2O3/c23-19-18-12-15(9-10-17(18)13-22-19)6-4-5-11-21-20(24)25-14-16-7-2-1-3-8-16/h1-3,7-10,12H,5,11,13-14H2,(H,21,24)(H,22,23). The molecule has 0 bridgehead atoms. The van der Waals surface area contributed by atoms with Crippen LogP contribution in [-0.4, -0.2) is 18.5 Å². The van der Waals surface area contributed by atoms with Gasteiger partial charge < -0.3 is 15.4 Å². The summed E-state index contributed by atoms with van der Waals surface area (Å²) in [6.07, 6.45) is 0.0452. The highest BCUT2D eigenvalue weighted by Gasteiger charge is 2.17. The molecular formula is C20H18N2O3. The van der Waals surface area contributed by atoms with Crippen LogP contribution in [0.4, 0.5) is 4.79 Å². The first-order valence-electron chi connectivity index (χ1n) is 8.07. The third-order valence-corrected chi connectivity index (χ3v) is 3.76. The summed E-state index contributed by atoms with van der Waals surface area (Å²) in [6, 6.07) is 15.1. The first-order chi connectivity index (χ1) is 12.2. The molecule has 2 aromatic carbocycles. The number of carbonyl (C=O) groups is 2. The molecule has 5 nitrogen and oxygen atoms in total. The summed E-state index contributed by atoms with van der Waals surface area (Å²) in [4.78, 5) is 23.2. The number of hydrogen-bond donors (Lipinski definition) is 2. The summed E-state index contributed by atoms with van der Waals surface area (Å²) in [5.41, 5.74) is 3.42. The molecule has 2 N–H and O–H groups in total. The average molecular weight is 334 g/mol. The first-order valence-corrected chi connectivity index (χ1v) is 8.07. The molecule has 2 aromatic rings. The van der Waals surface area contributed by atoms with Crippen LogP contribution in [0.3, 0.4) is 0 Å². The van der Waals surface area contributed by atoms with Crippen molar-refractivity contribution in [1.29, 1.82) is 0 Å². The molecule has 0 atom stereocenters. The van der Waals surface area contributed by atoms with E-state index in [-0.39, 0.29) is 12.5 Å². The predicted molar refractivity (Wildman–Crippen MR) is 93.7 cm³/mol. The Bertz CT molecular complexity index is 835. The van der Waals surface area contributed by atoms with Crippen molar-refractivity contribution in [2.45, 2.75) is 19.6 Å². The molecule has 0 unspecified atom stereocenters. The molecule has 0 fully saturated rings. The van der Waals surface area contributed by atoms with Crippen molar-refractivity contribution in [3.8, 4) is 11.8 Å². The van der Waals surface area contributed by atoms with E-state index in [0.29, 0.717) is 25.1 Å². The Morgan fingerprint density at radius 3 is 2.88 bits per heavy atom. The number of amides is 2. The molecule has 25 heavy (non-hydrogen) atoms. The lowest BCUT2D eigenvalue weighted by Gasteiger charge is -2.05. The van der Waals surface area contributed by atoms with Crippen LogP contribution < -0.4 is 10.6 Å². The van der Waals surface area contributed by atoms with Crippen LogP contribution in [0.2, 0.25) is 0 Å². The van der Waals surface area contributed by atoms with E-state index in [2.05, 4.69) is 22.5 Å². The van der Waals surface area contributed by atoms with Crippen molar-refractivity contribution in [2.24, 2.45) is 0 Å². The second-order valence-corrected chi connectivity index (χ2v) is 5.59. The average Bonchev–Trinajstić information content (AvgIpc) is 3.01. The molecular weight excluding hydrogens is 316 g/mol. The monoisotopic (exact) mass is 334 g/mol. The Kier molecular flexibility index (Phi) is 5.32. The van der Waals surface area contributed by atoms with E-state index in [1.54, 1.807) is 6.07 Å². The second-order valence-electron chi connectivity index (χ2n) is 5.59. The van der Waals surface area contributed by atoms with Crippen molar-refractivity contribution in [3.05, 3.63) is 70.8 Å². The minimum absolute atomic E-state index is 0.0542. The van der Waals surface area contributed by atoms with E-state index < -0.39 is 6.09 Å². The molecule has 2 amide bonds. The number of hydrogen-bond acceptors (Lipinski definition) is 3. The van der Waals surface area contributed by atoms with Crippen molar-refractivity contribution in [2.75, 3.05) is 6.54 Å². The van der Waals surface area contributed by atoms with Gasteiger partial charge in [-0.15, -0.1) is 0 Å². The fourth-order valence-corrected chi connectivity index (χ4v) is 2.46. The minimum Gasteiger partial charge on any atom is -0.445 e. The molecule has 1 aliphatic heterocycles. The third kappa shape index (κ3) is 4.61. The van der Waals surface area contributed by atoms with Crippen LogP contribution in [0.1, 0.15) is 33.5 Å². The molecule has 1 aliphatic rings. The summed E-state index contributed by atoms with van der Waals surface area (Å²) in [6.45, 7) is 1.23. The summed E-state index contributed by atoms with van der Waals surface area (Å²) >= 11 is 0. The van der Waals surface area contributed by atoms with E-state index in [9.17, 15) is 9.59 Å². The molecule has 0 saturated carbocycles. The van der Waals surface area contributed by atoms with Crippen molar-refractivity contribution in [3.63, 3.8) is 0 Å². The highest BCUT2D eigenvalue weighted by atomic mass is 16.5. The van der Waals surface area contributed by atoms with Gasteiger partial charge in [0.15, 0.2) is 0 Å². The van der Waals surface area contributed by atoms with Gasteiger partial charge in [-0.1, -0.05) is 48.2 Å². The maximum atomic E-state index is 11.6. The lowest BCUT2D eigenvalue weighted by molar-refractivity contribution is 0.0965. The van der Waals surface area contributed by atoms with Gasteiger partial charge in [-0.05, 0) is 23.3 Å². The van der Waals surface area contributed by atoms with E-state index in [1.165, 1.54) is 0 Å². The Labute approximate surface area is 146 Å². The zero-order chi connectivity index (χ0) is 17.5. The highest BCUT2D eigenvalue weighted by molar-refractivity contribution is 5.98. The van der Waals surface area contributed by atoms with E-state index >= 15 is 0 Å². The predicted octanol–water partition coefficient (Wildman–Crippen LogP) is 2.60. The fraction of sp³-hybridized carbons (Fsp3) is 0.200. The zero-order valence-corrected chi connectivity index (χ0v) is 13.7. The number of carbonyl (C=O) groups excluding carboxylic acids is 2. The van der Waals surface area contributed by atoms with Crippen LogP contribution in [0, 0.1) is 11.8 Å². The van der Waals surface area contributed by atoms with Crippen LogP contribution >= 0.6 is 0 Å². The Hall–Kier alpha value is -3.26. The normalized spacial score (nSPS) is 11.8. The van der Waals surface area contributed by atoms with Gasteiger partial charge in [-0.25, -0.2) is 4.79 Å². The molecule has 0 spiro atoms. The SMILES string of the molecule is O=C(NCCC#Cc1ccc2c(c1)C(=O)NC2)OCc1ccccc1. The number of ether oxygens (including phenoxy) is 1. The first kappa shape index (κ1) is 16.6. The van der Waals surface area contributed by atoms with Gasteiger partial charge in [0.1, 0.15) is 6.61 Å². The number of rotatable bonds is 4. The Balaban J connectivity index is 1.40. The lowest BCUT2D eigenvalue weighted by Crippen LogP contribution is -2.24. The molecule has 0 aromatic heterocycles. The van der Waals surface area contributed by atoms with Gasteiger partial charge in [0.25, 0.3) is 5.91 Å². The number of fused-ring (bicyclic) bond motifs is 1. The Morgan fingerprint density at radius 1 is 1.20 bits per heavy atom. The van der Waals surface area contributed by atoms with Gasteiger partial charge in [0.05, 0.1) is 0 Å². The highest BCUT2D eigenvalue weighted by Crippen LogP contribution is 2.16. The van der Waals surface area contributed by atoms with Crippen LogP contribution in [0.25, 0.3) is 0 Å². The van der Waals surface area contributed by atoms with Crippen molar-refractivity contribution < 1.29 is 14.3 Å². The number of nitrogens with one attached hydrogen (secondary N) is 2. The fourth-order valence-electron chi connectivity index (χ4n) is 2.46. The van der Waals surface area contributed by atoms with E-state index in [1.807, 2.05) is 42.5 Å². The van der Waals surface area contributed by atoms with Gasteiger partial charge in [0.2, 0.25) is 0 Å². The summed E-state index contributed by atoms with van der Waals surface area (Å²) in [5.74, 6) is 5.94. The van der Waals surface area contributed by atoms with Gasteiger partial charge in [0, 0.05) is 30.6 Å². The van der Waals surface area contributed by atoms with Crippen LogP contribution in [0.15, 0.2) is 48.5 Å². The van der Waals surface area contributed by atoms with Gasteiger partial charge in [-0.3, -0.25) is 4.79 Å². The molecule has 0 aliphatic carbocycles. The molecule has 1 heterocycles. The Morgan fingerprint density at radius 2 is 2.04 bits per heavy atom. The molecule has 5 heteroatoms. The quantitative estimate of drug-likeness (QED) is 0.667. The lowest BCUT2D eigenvalue weighted by atomic mass is 10.1. The number of benzene rings is 2. The third-order valence-electron chi connectivity index (χ3n) is 3.76. The molecule has 0 saturated heterocycles.